The van der Waals surface area contributed by atoms with Crippen LogP contribution in [0.2, 0.25) is 0 Å². The summed E-state index contributed by atoms with van der Waals surface area (Å²) in [6, 6.07) is 16.3. The SMILES string of the molecule is Cc1ccc(NC(=O)[C@H](OC(=O)Cc2c(C)noc2C)c2ccccc2)cc1. The second kappa shape index (κ2) is 8.52. The monoisotopic (exact) mass is 378 g/mol. The van der Waals surface area contributed by atoms with E-state index in [0.717, 1.165) is 5.56 Å². The van der Waals surface area contributed by atoms with Gasteiger partial charge in [0.1, 0.15) is 5.76 Å². The molecule has 6 heteroatoms. The van der Waals surface area contributed by atoms with Gasteiger partial charge in [0.15, 0.2) is 0 Å². The van der Waals surface area contributed by atoms with Crippen molar-refractivity contribution in [2.24, 2.45) is 0 Å². The molecule has 0 radical (unpaired) electrons. The molecule has 3 aromatic rings. The minimum Gasteiger partial charge on any atom is -0.447 e. The van der Waals surface area contributed by atoms with E-state index < -0.39 is 18.0 Å². The van der Waals surface area contributed by atoms with Gasteiger partial charge < -0.3 is 14.6 Å². The quantitative estimate of drug-likeness (QED) is 0.654. The zero-order valence-corrected chi connectivity index (χ0v) is 16.1. The Kier molecular flexibility index (Phi) is 5.89. The number of amides is 1. The van der Waals surface area contributed by atoms with Crippen LogP contribution in [0.25, 0.3) is 0 Å². The smallest absolute Gasteiger partial charge is 0.311 e. The molecule has 0 bridgehead atoms. The Morgan fingerprint density at radius 3 is 2.32 bits per heavy atom. The van der Waals surface area contributed by atoms with E-state index in [4.69, 9.17) is 9.26 Å². The lowest BCUT2D eigenvalue weighted by Crippen LogP contribution is -2.26. The first kappa shape index (κ1) is 19.4. The fraction of sp³-hybridized carbons (Fsp3) is 0.227. The molecule has 1 atom stereocenters. The number of aromatic nitrogens is 1. The molecule has 0 unspecified atom stereocenters. The normalized spacial score (nSPS) is 11.7. The number of esters is 1. The second-order valence-electron chi connectivity index (χ2n) is 6.62. The maximum atomic E-state index is 12.9. The van der Waals surface area contributed by atoms with Crippen molar-refractivity contribution in [1.82, 2.24) is 5.16 Å². The van der Waals surface area contributed by atoms with Gasteiger partial charge in [-0.3, -0.25) is 9.59 Å². The average molecular weight is 378 g/mol. The van der Waals surface area contributed by atoms with Crippen LogP contribution in [-0.2, 0) is 20.7 Å². The predicted molar refractivity (Wildman–Crippen MR) is 105 cm³/mol. The van der Waals surface area contributed by atoms with Crippen molar-refractivity contribution in [3.8, 4) is 0 Å². The molecular weight excluding hydrogens is 356 g/mol. The summed E-state index contributed by atoms with van der Waals surface area (Å²) in [6.45, 7) is 5.47. The number of hydrogen-bond donors (Lipinski definition) is 1. The minimum absolute atomic E-state index is 0.0116. The Balaban J connectivity index is 1.78. The van der Waals surface area contributed by atoms with E-state index in [2.05, 4.69) is 10.5 Å². The Morgan fingerprint density at radius 1 is 1.04 bits per heavy atom. The summed E-state index contributed by atoms with van der Waals surface area (Å²) in [6.07, 6.45) is -1.07. The van der Waals surface area contributed by atoms with Crippen LogP contribution in [0, 0.1) is 20.8 Å². The van der Waals surface area contributed by atoms with Crippen molar-refractivity contribution in [3.05, 3.63) is 82.7 Å². The molecule has 0 aliphatic heterocycles. The zero-order valence-electron chi connectivity index (χ0n) is 16.1. The van der Waals surface area contributed by atoms with Crippen molar-refractivity contribution < 1.29 is 18.8 Å². The number of rotatable bonds is 6. The van der Waals surface area contributed by atoms with Crippen molar-refractivity contribution >= 4 is 17.6 Å². The number of nitrogens with zero attached hydrogens (tertiary/aromatic N) is 1. The average Bonchev–Trinajstić information content (AvgIpc) is 3.00. The Bertz CT molecular complexity index is 942. The molecule has 6 nitrogen and oxygen atoms in total. The van der Waals surface area contributed by atoms with Crippen LogP contribution in [0.1, 0.15) is 34.2 Å². The maximum absolute atomic E-state index is 12.9. The zero-order chi connectivity index (χ0) is 20.1. The van der Waals surface area contributed by atoms with Gasteiger partial charge in [-0.2, -0.15) is 0 Å². The predicted octanol–water partition coefficient (Wildman–Crippen LogP) is 4.07. The van der Waals surface area contributed by atoms with Crippen LogP contribution in [0.15, 0.2) is 59.1 Å². The number of nitrogens with one attached hydrogen (secondary N) is 1. The lowest BCUT2D eigenvalue weighted by molar-refractivity contribution is -0.154. The van der Waals surface area contributed by atoms with Crippen LogP contribution in [0.4, 0.5) is 5.69 Å². The topological polar surface area (TPSA) is 81.4 Å². The van der Waals surface area contributed by atoms with E-state index in [1.54, 1.807) is 50.2 Å². The molecule has 0 spiro atoms. The van der Waals surface area contributed by atoms with Crippen LogP contribution < -0.4 is 5.32 Å². The number of carbonyl (C=O) groups excluding carboxylic acids is 2. The fourth-order valence-electron chi connectivity index (χ4n) is 2.82. The number of carbonyl (C=O) groups is 2. The van der Waals surface area contributed by atoms with E-state index >= 15 is 0 Å². The van der Waals surface area contributed by atoms with Crippen LogP contribution in [0.3, 0.4) is 0 Å². The summed E-state index contributed by atoms with van der Waals surface area (Å²) < 4.78 is 10.6. The molecular formula is C22H22N2O4. The maximum Gasteiger partial charge on any atom is 0.311 e. The summed E-state index contributed by atoms with van der Waals surface area (Å²) in [4.78, 5) is 25.4. The molecule has 1 heterocycles. The van der Waals surface area contributed by atoms with E-state index in [1.165, 1.54) is 0 Å². The van der Waals surface area contributed by atoms with Gasteiger partial charge in [-0.15, -0.1) is 0 Å². The van der Waals surface area contributed by atoms with Gasteiger partial charge in [0.25, 0.3) is 5.91 Å². The standard InChI is InChI=1S/C22H22N2O4/c1-14-9-11-18(12-10-14)23-22(26)21(17-7-5-4-6-8-17)27-20(25)13-19-15(2)24-28-16(19)3/h4-12,21H,13H2,1-3H3,(H,23,26)/t21-/m1/s1. The third kappa shape index (κ3) is 4.65. The number of anilines is 1. The molecule has 2 aromatic carbocycles. The summed E-state index contributed by atoms with van der Waals surface area (Å²) in [5.74, 6) is -0.376. The molecule has 28 heavy (non-hydrogen) atoms. The summed E-state index contributed by atoms with van der Waals surface area (Å²) >= 11 is 0. The molecule has 1 aromatic heterocycles. The van der Waals surface area contributed by atoms with Gasteiger partial charge in [-0.1, -0.05) is 53.2 Å². The number of benzene rings is 2. The molecule has 0 fully saturated rings. The number of aryl methyl sites for hydroxylation is 3. The number of hydrogen-bond acceptors (Lipinski definition) is 5. The Hall–Kier alpha value is -3.41. The van der Waals surface area contributed by atoms with Crippen LogP contribution in [-0.4, -0.2) is 17.0 Å². The number of ether oxygens (including phenoxy) is 1. The third-order valence-corrected chi connectivity index (χ3v) is 4.41. The summed E-state index contributed by atoms with van der Waals surface area (Å²) in [7, 11) is 0. The molecule has 144 valence electrons. The first-order valence-corrected chi connectivity index (χ1v) is 8.97. The second-order valence-corrected chi connectivity index (χ2v) is 6.62. The van der Waals surface area contributed by atoms with Crippen molar-refractivity contribution in [2.75, 3.05) is 5.32 Å². The molecule has 0 saturated carbocycles. The minimum atomic E-state index is -1.06. The van der Waals surface area contributed by atoms with Gasteiger partial charge in [-0.25, -0.2) is 0 Å². The highest BCUT2D eigenvalue weighted by atomic mass is 16.5. The first-order chi connectivity index (χ1) is 13.4. The van der Waals surface area contributed by atoms with Crippen LogP contribution in [0.5, 0.6) is 0 Å². The van der Waals surface area contributed by atoms with Crippen molar-refractivity contribution in [1.29, 1.82) is 0 Å². The summed E-state index contributed by atoms with van der Waals surface area (Å²) in [5, 5.41) is 6.65. The largest absolute Gasteiger partial charge is 0.447 e. The van der Waals surface area contributed by atoms with E-state index in [1.807, 2.05) is 25.1 Å². The molecule has 1 amide bonds. The highest BCUT2D eigenvalue weighted by Crippen LogP contribution is 2.22. The molecule has 0 aliphatic carbocycles. The van der Waals surface area contributed by atoms with Gasteiger partial charge in [0.2, 0.25) is 6.10 Å². The first-order valence-electron chi connectivity index (χ1n) is 8.97. The highest BCUT2D eigenvalue weighted by Gasteiger charge is 2.26. The van der Waals surface area contributed by atoms with E-state index in [0.29, 0.717) is 28.3 Å². The lowest BCUT2D eigenvalue weighted by atomic mass is 10.1. The molecule has 3 rings (SSSR count). The van der Waals surface area contributed by atoms with Gasteiger partial charge >= 0.3 is 5.97 Å². The van der Waals surface area contributed by atoms with Crippen molar-refractivity contribution in [3.63, 3.8) is 0 Å². The third-order valence-electron chi connectivity index (χ3n) is 4.41. The van der Waals surface area contributed by atoms with Gasteiger partial charge in [-0.05, 0) is 32.9 Å². The van der Waals surface area contributed by atoms with Gasteiger partial charge in [0, 0.05) is 16.8 Å². The molecule has 1 N–H and O–H groups in total. The van der Waals surface area contributed by atoms with Crippen molar-refractivity contribution in [2.45, 2.75) is 33.3 Å². The fourth-order valence-corrected chi connectivity index (χ4v) is 2.82. The summed E-state index contributed by atoms with van der Waals surface area (Å²) in [5.41, 5.74) is 3.63. The Morgan fingerprint density at radius 2 is 1.71 bits per heavy atom. The highest BCUT2D eigenvalue weighted by molar-refractivity contribution is 5.96. The van der Waals surface area contributed by atoms with E-state index in [9.17, 15) is 9.59 Å². The Labute approximate surface area is 163 Å². The molecule has 0 saturated heterocycles. The lowest BCUT2D eigenvalue weighted by Gasteiger charge is -2.18. The van der Waals surface area contributed by atoms with Gasteiger partial charge in [0.05, 0.1) is 12.1 Å². The van der Waals surface area contributed by atoms with Crippen LogP contribution >= 0.6 is 0 Å². The van der Waals surface area contributed by atoms with E-state index in [-0.39, 0.29) is 6.42 Å². The molecule has 0 aliphatic rings.